The molecule has 5 rings (SSSR count). The molecule has 1 amide bonds. The van der Waals surface area contributed by atoms with E-state index in [0.29, 0.717) is 6.54 Å². The highest BCUT2D eigenvalue weighted by Crippen LogP contribution is 2.29. The van der Waals surface area contributed by atoms with Gasteiger partial charge in [-0.05, 0) is 17.5 Å². The minimum absolute atomic E-state index is 0.224. The van der Waals surface area contributed by atoms with Crippen LogP contribution in [0.2, 0.25) is 0 Å². The third kappa shape index (κ3) is 5.49. The van der Waals surface area contributed by atoms with Gasteiger partial charge in [0.05, 0.1) is 12.6 Å². The van der Waals surface area contributed by atoms with E-state index in [9.17, 15) is 4.79 Å². The van der Waals surface area contributed by atoms with Gasteiger partial charge in [0.2, 0.25) is 5.91 Å². The largest absolute Gasteiger partial charge is 0.347 e. The first-order chi connectivity index (χ1) is 16.8. The number of carbonyl (C=O) groups excluding carboxylic acids is 1. The minimum atomic E-state index is 0.224. The number of aromatic nitrogens is 1. The van der Waals surface area contributed by atoms with Crippen LogP contribution in [-0.2, 0) is 4.79 Å². The molecule has 2 aliphatic heterocycles. The van der Waals surface area contributed by atoms with E-state index < -0.39 is 0 Å². The first-order valence-corrected chi connectivity index (χ1v) is 13.1. The fraction of sp³-hybridized carbons (Fsp3) is 0.407. The summed E-state index contributed by atoms with van der Waals surface area (Å²) in [6, 6.07) is 21.7. The van der Waals surface area contributed by atoms with Crippen molar-refractivity contribution >= 4 is 22.4 Å². The van der Waals surface area contributed by atoms with Gasteiger partial charge >= 0.3 is 0 Å². The molecule has 34 heavy (non-hydrogen) atoms. The van der Waals surface area contributed by atoms with Crippen LogP contribution in [-0.4, -0.2) is 84.5 Å². The van der Waals surface area contributed by atoms with E-state index in [2.05, 4.69) is 85.2 Å². The van der Waals surface area contributed by atoms with Gasteiger partial charge in [0.25, 0.3) is 0 Å². The maximum Gasteiger partial charge on any atom is 0.236 e. The first-order valence-electron chi connectivity index (χ1n) is 12.3. The summed E-state index contributed by atoms with van der Waals surface area (Å²) < 4.78 is 0. The van der Waals surface area contributed by atoms with E-state index in [1.807, 2.05) is 11.6 Å². The first kappa shape index (κ1) is 23.0. The highest BCUT2D eigenvalue weighted by molar-refractivity contribution is 7.13. The summed E-state index contributed by atoms with van der Waals surface area (Å²) in [5, 5.41) is 3.12. The van der Waals surface area contributed by atoms with Crippen molar-refractivity contribution in [1.29, 1.82) is 0 Å². The fourth-order valence-corrected chi connectivity index (χ4v) is 5.79. The summed E-state index contributed by atoms with van der Waals surface area (Å²) >= 11 is 1.69. The van der Waals surface area contributed by atoms with E-state index in [1.54, 1.807) is 11.3 Å². The molecule has 0 spiro atoms. The van der Waals surface area contributed by atoms with Crippen LogP contribution >= 0.6 is 11.3 Å². The van der Waals surface area contributed by atoms with E-state index in [1.165, 1.54) is 11.1 Å². The van der Waals surface area contributed by atoms with Crippen LogP contribution in [0, 0.1) is 0 Å². The van der Waals surface area contributed by atoms with Crippen molar-refractivity contribution in [3.8, 4) is 0 Å². The van der Waals surface area contributed by atoms with Crippen molar-refractivity contribution in [3.05, 3.63) is 83.4 Å². The number of amides is 1. The number of hydrogen-bond donors (Lipinski definition) is 0. The molecule has 3 heterocycles. The normalized spacial score (nSPS) is 18.3. The molecule has 0 unspecified atom stereocenters. The molecule has 0 radical (unpaired) electrons. The second kappa shape index (κ2) is 11.1. The minimum Gasteiger partial charge on any atom is -0.347 e. The Morgan fingerprint density at radius 2 is 1.50 bits per heavy atom. The zero-order chi connectivity index (χ0) is 23.2. The number of thiazole rings is 1. The number of carbonyl (C=O) groups is 1. The summed E-state index contributed by atoms with van der Waals surface area (Å²) in [5.74, 6) is 0.262. The monoisotopic (exact) mass is 475 g/mol. The van der Waals surface area contributed by atoms with Crippen LogP contribution in [0.1, 0.15) is 23.6 Å². The number of hydrogen-bond acceptors (Lipinski definition) is 6. The summed E-state index contributed by atoms with van der Waals surface area (Å²) in [7, 11) is 0. The van der Waals surface area contributed by atoms with Crippen molar-refractivity contribution < 1.29 is 4.79 Å². The molecule has 0 atom stereocenters. The zero-order valence-corrected chi connectivity index (χ0v) is 20.4. The molecule has 178 valence electrons. The molecule has 0 saturated carbocycles. The summed E-state index contributed by atoms with van der Waals surface area (Å²) in [5.41, 5.74) is 2.62. The summed E-state index contributed by atoms with van der Waals surface area (Å²) in [4.78, 5) is 26.8. The average molecular weight is 476 g/mol. The van der Waals surface area contributed by atoms with Crippen molar-refractivity contribution in [2.75, 3.05) is 63.8 Å². The van der Waals surface area contributed by atoms with Crippen LogP contribution in [0.3, 0.4) is 0 Å². The number of piperazine rings is 1. The lowest BCUT2D eigenvalue weighted by atomic mass is 9.96. The SMILES string of the molecule is O=C(CN1CCCN(c2nccs2)CC1)N1CCN(C(c2ccccc2)c2ccccc2)CC1. The van der Waals surface area contributed by atoms with Gasteiger partial charge in [0.1, 0.15) is 0 Å². The molecule has 7 heteroatoms. The highest BCUT2D eigenvalue weighted by atomic mass is 32.1. The molecule has 1 aromatic heterocycles. The van der Waals surface area contributed by atoms with Gasteiger partial charge in [0.15, 0.2) is 5.13 Å². The molecule has 2 fully saturated rings. The summed E-state index contributed by atoms with van der Waals surface area (Å²) in [6.07, 6.45) is 2.93. The average Bonchev–Trinajstić information content (AvgIpc) is 3.33. The Morgan fingerprint density at radius 3 is 2.12 bits per heavy atom. The Labute approximate surface area is 206 Å². The highest BCUT2D eigenvalue weighted by Gasteiger charge is 2.29. The number of nitrogens with zero attached hydrogens (tertiary/aromatic N) is 5. The molecule has 2 aromatic carbocycles. The van der Waals surface area contributed by atoms with Crippen molar-refractivity contribution in [1.82, 2.24) is 19.7 Å². The standard InChI is InChI=1S/C27H33N5OS/c33-25(22-29-13-7-14-32(16-15-29)27-28-12-21-34-27)30-17-19-31(20-18-30)26(23-8-3-1-4-9-23)24-10-5-2-6-11-24/h1-6,8-12,21,26H,7,13-20,22H2. The zero-order valence-electron chi connectivity index (χ0n) is 19.6. The second-order valence-electron chi connectivity index (χ2n) is 9.07. The van der Waals surface area contributed by atoms with Crippen LogP contribution in [0.15, 0.2) is 72.2 Å². The van der Waals surface area contributed by atoms with Gasteiger partial charge < -0.3 is 9.80 Å². The predicted molar refractivity (Wildman–Crippen MR) is 138 cm³/mol. The lowest BCUT2D eigenvalue weighted by molar-refractivity contribution is -0.134. The third-order valence-corrected chi connectivity index (χ3v) is 7.73. The van der Waals surface area contributed by atoms with Gasteiger partial charge in [-0.2, -0.15) is 0 Å². The molecule has 6 nitrogen and oxygen atoms in total. The third-order valence-electron chi connectivity index (χ3n) is 6.90. The van der Waals surface area contributed by atoms with Gasteiger partial charge in [-0.1, -0.05) is 60.7 Å². The van der Waals surface area contributed by atoms with E-state index in [-0.39, 0.29) is 11.9 Å². The maximum atomic E-state index is 13.1. The van der Waals surface area contributed by atoms with Crippen LogP contribution in [0.4, 0.5) is 5.13 Å². The second-order valence-corrected chi connectivity index (χ2v) is 9.95. The number of benzene rings is 2. The predicted octanol–water partition coefficient (Wildman–Crippen LogP) is 3.59. The van der Waals surface area contributed by atoms with Crippen LogP contribution in [0.25, 0.3) is 0 Å². The quantitative estimate of drug-likeness (QED) is 0.545. The smallest absolute Gasteiger partial charge is 0.236 e. The molecular formula is C27H33N5OS. The Kier molecular flexibility index (Phi) is 7.53. The van der Waals surface area contributed by atoms with E-state index in [0.717, 1.165) is 63.9 Å². The Bertz CT molecular complexity index is 982. The summed E-state index contributed by atoms with van der Waals surface area (Å²) in [6.45, 7) is 7.69. The van der Waals surface area contributed by atoms with Crippen molar-refractivity contribution in [3.63, 3.8) is 0 Å². The lowest BCUT2D eigenvalue weighted by Gasteiger charge is -2.40. The molecule has 0 N–H and O–H groups in total. The lowest BCUT2D eigenvalue weighted by Crippen LogP contribution is -2.52. The van der Waals surface area contributed by atoms with E-state index in [4.69, 9.17) is 0 Å². The number of rotatable bonds is 6. The van der Waals surface area contributed by atoms with Crippen molar-refractivity contribution in [2.24, 2.45) is 0 Å². The Morgan fingerprint density at radius 1 is 0.824 bits per heavy atom. The Balaban J connectivity index is 1.17. The molecule has 2 aliphatic rings. The topological polar surface area (TPSA) is 42.9 Å². The van der Waals surface area contributed by atoms with Gasteiger partial charge in [-0.15, -0.1) is 11.3 Å². The van der Waals surface area contributed by atoms with Gasteiger partial charge in [-0.3, -0.25) is 14.6 Å². The van der Waals surface area contributed by atoms with Crippen LogP contribution in [0.5, 0.6) is 0 Å². The Hall–Kier alpha value is -2.74. The maximum absolute atomic E-state index is 13.1. The molecule has 0 bridgehead atoms. The molecule has 0 aliphatic carbocycles. The molecule has 3 aromatic rings. The van der Waals surface area contributed by atoms with Gasteiger partial charge in [0, 0.05) is 63.9 Å². The van der Waals surface area contributed by atoms with E-state index >= 15 is 0 Å². The molecular weight excluding hydrogens is 442 g/mol. The van der Waals surface area contributed by atoms with Crippen LogP contribution < -0.4 is 4.90 Å². The van der Waals surface area contributed by atoms with Crippen molar-refractivity contribution in [2.45, 2.75) is 12.5 Å². The number of anilines is 1. The molecule has 2 saturated heterocycles. The fourth-order valence-electron chi connectivity index (χ4n) is 5.10. The van der Waals surface area contributed by atoms with Gasteiger partial charge in [-0.25, -0.2) is 4.98 Å².